The third kappa shape index (κ3) is 5.77. The van der Waals surface area contributed by atoms with Crippen LogP contribution >= 0.6 is 0 Å². The molecule has 0 unspecified atom stereocenters. The third-order valence-electron chi connectivity index (χ3n) is 8.58. The number of anilines is 2. The molecule has 0 bridgehead atoms. The molecule has 1 aliphatic carbocycles. The zero-order valence-electron chi connectivity index (χ0n) is 24.9. The first kappa shape index (κ1) is 28.0. The van der Waals surface area contributed by atoms with Crippen LogP contribution in [-0.2, 0) is 22.1 Å². The van der Waals surface area contributed by atoms with Crippen LogP contribution in [0.25, 0.3) is 11.1 Å². The number of hydrogen-bond acceptors (Lipinski definition) is 5. The molecule has 6 rings (SSSR count). The summed E-state index contributed by atoms with van der Waals surface area (Å²) in [7, 11) is 0. The fourth-order valence-electron chi connectivity index (χ4n) is 5.97. The molecule has 3 aromatic carbocycles. The minimum absolute atomic E-state index is 0.0508. The maximum Gasteiger partial charge on any atom is 0.411 e. The lowest BCUT2D eigenvalue weighted by Crippen LogP contribution is -2.41. The summed E-state index contributed by atoms with van der Waals surface area (Å²) >= 11 is 0. The summed E-state index contributed by atoms with van der Waals surface area (Å²) in [5.41, 5.74) is 14.2. The summed E-state index contributed by atoms with van der Waals surface area (Å²) in [6, 6.07) is 31.1. The van der Waals surface area contributed by atoms with Crippen molar-refractivity contribution in [2.45, 2.75) is 70.1 Å². The number of nitrogens with one attached hydrogen (secondary N) is 1. The molecule has 2 aliphatic rings. The highest BCUT2D eigenvalue weighted by molar-refractivity contribution is 5.72. The summed E-state index contributed by atoms with van der Waals surface area (Å²) < 4.78 is 5.86. The number of benzene rings is 3. The van der Waals surface area contributed by atoms with Crippen molar-refractivity contribution in [1.29, 1.82) is 0 Å². The number of hydrogen-bond donors (Lipinski definition) is 2. The van der Waals surface area contributed by atoms with E-state index in [0.29, 0.717) is 13.0 Å². The van der Waals surface area contributed by atoms with Gasteiger partial charge in [-0.15, -0.1) is 0 Å². The van der Waals surface area contributed by atoms with E-state index in [1.165, 1.54) is 11.1 Å². The average molecular weight is 561 g/mol. The minimum Gasteiger partial charge on any atom is -0.443 e. The van der Waals surface area contributed by atoms with E-state index in [2.05, 4.69) is 91.7 Å². The van der Waals surface area contributed by atoms with Crippen LogP contribution in [0.4, 0.5) is 16.3 Å². The van der Waals surface area contributed by atoms with Crippen LogP contribution in [0.1, 0.15) is 56.0 Å². The Morgan fingerprint density at radius 2 is 1.71 bits per heavy atom. The van der Waals surface area contributed by atoms with Crippen molar-refractivity contribution < 1.29 is 9.53 Å². The van der Waals surface area contributed by atoms with Crippen molar-refractivity contribution >= 4 is 17.6 Å². The van der Waals surface area contributed by atoms with Gasteiger partial charge in [-0.1, -0.05) is 87.5 Å². The molecule has 2 heterocycles. The molecule has 1 amide bonds. The predicted molar refractivity (Wildman–Crippen MR) is 169 cm³/mol. The first-order chi connectivity index (χ1) is 20.1. The first-order valence-electron chi connectivity index (χ1n) is 14.9. The van der Waals surface area contributed by atoms with Crippen molar-refractivity contribution in [3.8, 4) is 11.1 Å². The highest BCUT2D eigenvalue weighted by atomic mass is 16.6. The van der Waals surface area contributed by atoms with Gasteiger partial charge in [-0.2, -0.15) is 0 Å². The molecular weight excluding hydrogens is 520 g/mol. The van der Waals surface area contributed by atoms with E-state index in [1.807, 2.05) is 42.2 Å². The molecule has 2 fully saturated rings. The van der Waals surface area contributed by atoms with E-state index in [-0.39, 0.29) is 29.2 Å². The van der Waals surface area contributed by atoms with E-state index >= 15 is 0 Å². The average Bonchev–Trinajstić information content (AvgIpc) is 3.68. The van der Waals surface area contributed by atoms with Crippen LogP contribution in [0.15, 0.2) is 91.0 Å². The molecule has 0 radical (unpaired) electrons. The second-order valence-electron chi connectivity index (χ2n) is 12.8. The van der Waals surface area contributed by atoms with E-state index in [9.17, 15) is 4.79 Å². The number of cyclic esters (lactones) is 1. The van der Waals surface area contributed by atoms with Gasteiger partial charge in [0.2, 0.25) is 0 Å². The van der Waals surface area contributed by atoms with Gasteiger partial charge in [0.1, 0.15) is 11.9 Å². The molecule has 6 heteroatoms. The van der Waals surface area contributed by atoms with Crippen molar-refractivity contribution in [2.75, 3.05) is 11.9 Å². The smallest absolute Gasteiger partial charge is 0.411 e. The zero-order chi connectivity index (χ0) is 29.5. The molecule has 3 N–H and O–H groups in total. The first-order valence-corrected chi connectivity index (χ1v) is 14.9. The standard InChI is InChI=1S/C36H40N4O2/c1-24-19-27(26-9-6-5-7-10-26)21-33(38-24)39-30-15-13-25(14-16-30)20-31(37)32-23-40(34(41)42-32)36(17-18-36)29-12-8-11-28(22-29)35(2,3)4/h5-16,19,21-22,31-32H,17-18,20,23,37H2,1-4H3,(H,38,39)/t31-,32+/m0/s1. The van der Waals surface area contributed by atoms with E-state index in [0.717, 1.165) is 46.7 Å². The Bertz CT molecular complexity index is 1570. The highest BCUT2D eigenvalue weighted by Crippen LogP contribution is 2.53. The summed E-state index contributed by atoms with van der Waals surface area (Å²) in [6.45, 7) is 9.17. The molecule has 2 atom stereocenters. The van der Waals surface area contributed by atoms with Crippen LogP contribution in [0, 0.1) is 6.92 Å². The number of aryl methyl sites for hydroxylation is 1. The van der Waals surface area contributed by atoms with Gasteiger partial charge in [0.15, 0.2) is 0 Å². The van der Waals surface area contributed by atoms with Crippen LogP contribution < -0.4 is 11.1 Å². The summed E-state index contributed by atoms with van der Waals surface area (Å²) in [5, 5.41) is 3.44. The summed E-state index contributed by atoms with van der Waals surface area (Å²) in [5.74, 6) is 0.804. The second kappa shape index (κ2) is 10.9. The Morgan fingerprint density at radius 1 is 0.976 bits per heavy atom. The van der Waals surface area contributed by atoms with Crippen molar-refractivity contribution in [3.05, 3.63) is 113 Å². The molecule has 6 nitrogen and oxygen atoms in total. The lowest BCUT2D eigenvalue weighted by atomic mass is 9.85. The number of aromatic nitrogens is 1. The number of amides is 1. The maximum atomic E-state index is 13.1. The Kier molecular flexibility index (Phi) is 7.27. The topological polar surface area (TPSA) is 80.5 Å². The molecular formula is C36H40N4O2. The number of nitrogens with two attached hydrogens (primary N) is 1. The van der Waals surface area contributed by atoms with Gasteiger partial charge in [-0.05, 0) is 83.7 Å². The minimum atomic E-state index is -0.341. The normalized spacial score (nSPS) is 18.5. The van der Waals surface area contributed by atoms with E-state index in [1.54, 1.807) is 0 Å². The van der Waals surface area contributed by atoms with Crippen LogP contribution in [-0.4, -0.2) is 34.7 Å². The lowest BCUT2D eigenvalue weighted by molar-refractivity contribution is 0.116. The Balaban J connectivity index is 1.10. The maximum absolute atomic E-state index is 13.1. The number of ether oxygens (including phenoxy) is 1. The molecule has 42 heavy (non-hydrogen) atoms. The molecule has 216 valence electrons. The molecule has 0 spiro atoms. The van der Waals surface area contributed by atoms with Gasteiger partial charge in [0.05, 0.1) is 12.1 Å². The van der Waals surface area contributed by atoms with Gasteiger partial charge >= 0.3 is 6.09 Å². The predicted octanol–water partition coefficient (Wildman–Crippen LogP) is 7.48. The Labute approximate surface area is 248 Å². The molecule has 1 aliphatic heterocycles. The zero-order valence-corrected chi connectivity index (χ0v) is 24.9. The number of nitrogens with zero attached hydrogens (tertiary/aromatic N) is 2. The molecule has 4 aromatic rings. The number of carbonyl (C=O) groups excluding carboxylic acids is 1. The van der Waals surface area contributed by atoms with E-state index in [4.69, 9.17) is 10.5 Å². The van der Waals surface area contributed by atoms with Gasteiger partial charge in [-0.25, -0.2) is 9.78 Å². The molecule has 1 saturated heterocycles. The SMILES string of the molecule is Cc1cc(-c2ccccc2)cc(Nc2ccc(C[C@H](N)[C@H]3CN(C4(c5cccc(C(C)(C)C)c5)CC4)C(=O)O3)cc2)n1. The Hall–Kier alpha value is -4.16. The van der Waals surface area contributed by atoms with Crippen LogP contribution in [0.2, 0.25) is 0 Å². The number of pyridine rings is 1. The van der Waals surface area contributed by atoms with Gasteiger partial charge < -0.3 is 15.8 Å². The highest BCUT2D eigenvalue weighted by Gasteiger charge is 2.56. The third-order valence-corrected chi connectivity index (χ3v) is 8.58. The fourth-order valence-corrected chi connectivity index (χ4v) is 5.97. The van der Waals surface area contributed by atoms with Crippen LogP contribution in [0.3, 0.4) is 0 Å². The monoisotopic (exact) mass is 560 g/mol. The van der Waals surface area contributed by atoms with E-state index < -0.39 is 0 Å². The largest absolute Gasteiger partial charge is 0.443 e. The second-order valence-corrected chi connectivity index (χ2v) is 12.8. The van der Waals surface area contributed by atoms with Gasteiger partial charge in [0.25, 0.3) is 0 Å². The van der Waals surface area contributed by atoms with Crippen molar-refractivity contribution in [3.63, 3.8) is 0 Å². The lowest BCUT2D eigenvalue weighted by Gasteiger charge is -2.28. The number of rotatable bonds is 8. The van der Waals surface area contributed by atoms with Crippen molar-refractivity contribution in [1.82, 2.24) is 9.88 Å². The van der Waals surface area contributed by atoms with Crippen molar-refractivity contribution in [2.24, 2.45) is 5.73 Å². The Morgan fingerprint density at radius 3 is 2.40 bits per heavy atom. The van der Waals surface area contributed by atoms with Crippen LogP contribution in [0.5, 0.6) is 0 Å². The summed E-state index contributed by atoms with van der Waals surface area (Å²) in [4.78, 5) is 19.7. The van der Waals surface area contributed by atoms with Gasteiger partial charge in [0, 0.05) is 17.4 Å². The summed E-state index contributed by atoms with van der Waals surface area (Å²) in [6.07, 6.45) is 1.93. The quantitative estimate of drug-likeness (QED) is 0.234. The molecule has 1 aromatic heterocycles. The number of carbonyl (C=O) groups is 1. The fraction of sp³-hybridized carbons (Fsp3) is 0.333. The van der Waals surface area contributed by atoms with Gasteiger partial charge in [-0.3, -0.25) is 4.90 Å². The molecule has 1 saturated carbocycles.